The van der Waals surface area contributed by atoms with Crippen LogP contribution in [0.5, 0.6) is 5.75 Å². The number of ether oxygens (including phenoxy) is 1. The van der Waals surface area contributed by atoms with Crippen LogP contribution in [0.1, 0.15) is 31.0 Å². The first-order chi connectivity index (χ1) is 9.63. The molecule has 3 nitrogen and oxygen atoms in total. The van der Waals surface area contributed by atoms with Crippen molar-refractivity contribution < 1.29 is 9.15 Å². The van der Waals surface area contributed by atoms with Crippen LogP contribution in [0.4, 0.5) is 0 Å². The van der Waals surface area contributed by atoms with E-state index in [9.17, 15) is 0 Å². The standard InChI is InChI=1S/C16H21NO2S/c1-4-14(17)16(15-10-5-11(2)18-15)19-12-6-8-13(20-3)9-7-12/h5-10,14,16H,4,17H2,1-3H3. The van der Waals surface area contributed by atoms with Crippen molar-refractivity contribution in [3.8, 4) is 5.75 Å². The van der Waals surface area contributed by atoms with Gasteiger partial charge in [-0.2, -0.15) is 0 Å². The number of rotatable bonds is 6. The van der Waals surface area contributed by atoms with Gasteiger partial charge in [-0.25, -0.2) is 0 Å². The molecule has 0 fully saturated rings. The van der Waals surface area contributed by atoms with Gasteiger partial charge in [0.05, 0.1) is 0 Å². The van der Waals surface area contributed by atoms with Crippen LogP contribution >= 0.6 is 11.8 Å². The fourth-order valence-corrected chi connectivity index (χ4v) is 2.39. The first-order valence-electron chi connectivity index (χ1n) is 6.76. The molecule has 1 heterocycles. The second-order valence-corrected chi connectivity index (χ2v) is 5.61. The summed E-state index contributed by atoms with van der Waals surface area (Å²) < 4.78 is 11.7. The molecule has 20 heavy (non-hydrogen) atoms. The zero-order chi connectivity index (χ0) is 14.5. The topological polar surface area (TPSA) is 48.4 Å². The third kappa shape index (κ3) is 3.58. The zero-order valence-corrected chi connectivity index (χ0v) is 12.9. The Morgan fingerprint density at radius 1 is 1.20 bits per heavy atom. The van der Waals surface area contributed by atoms with Crippen molar-refractivity contribution in [1.29, 1.82) is 0 Å². The maximum absolute atomic E-state index is 6.17. The summed E-state index contributed by atoms with van der Waals surface area (Å²) in [5, 5.41) is 0. The molecule has 0 saturated heterocycles. The molecule has 2 aromatic rings. The van der Waals surface area contributed by atoms with Crippen LogP contribution in [-0.4, -0.2) is 12.3 Å². The molecule has 2 rings (SSSR count). The highest BCUT2D eigenvalue weighted by atomic mass is 32.2. The van der Waals surface area contributed by atoms with Crippen molar-refractivity contribution in [2.24, 2.45) is 5.73 Å². The molecule has 1 aromatic carbocycles. The Morgan fingerprint density at radius 2 is 1.90 bits per heavy atom. The van der Waals surface area contributed by atoms with Crippen LogP contribution in [0.25, 0.3) is 0 Å². The third-order valence-corrected chi connectivity index (χ3v) is 3.97. The van der Waals surface area contributed by atoms with Gasteiger partial charge in [-0.05, 0) is 56.0 Å². The normalized spacial score (nSPS) is 14.0. The molecular weight excluding hydrogens is 270 g/mol. The monoisotopic (exact) mass is 291 g/mol. The van der Waals surface area contributed by atoms with Crippen molar-refractivity contribution in [3.63, 3.8) is 0 Å². The molecule has 4 heteroatoms. The molecule has 2 unspecified atom stereocenters. The van der Waals surface area contributed by atoms with Gasteiger partial charge in [0.25, 0.3) is 0 Å². The highest BCUT2D eigenvalue weighted by Crippen LogP contribution is 2.28. The minimum atomic E-state index is -0.256. The lowest BCUT2D eigenvalue weighted by molar-refractivity contribution is 0.143. The van der Waals surface area contributed by atoms with Gasteiger partial charge in [-0.1, -0.05) is 6.92 Å². The Kier molecular flexibility index (Phi) is 5.15. The number of benzene rings is 1. The number of hydrogen-bond acceptors (Lipinski definition) is 4. The Hall–Kier alpha value is -1.39. The fourth-order valence-electron chi connectivity index (χ4n) is 1.98. The van der Waals surface area contributed by atoms with Gasteiger partial charge >= 0.3 is 0 Å². The smallest absolute Gasteiger partial charge is 0.171 e. The Balaban J connectivity index is 2.18. The Bertz CT molecular complexity index is 536. The fraction of sp³-hybridized carbons (Fsp3) is 0.375. The third-order valence-electron chi connectivity index (χ3n) is 3.22. The van der Waals surface area contributed by atoms with E-state index in [1.54, 1.807) is 11.8 Å². The predicted octanol–water partition coefficient (Wildman–Crippen LogP) is 4.17. The van der Waals surface area contributed by atoms with Gasteiger partial charge in [0.2, 0.25) is 0 Å². The summed E-state index contributed by atoms with van der Waals surface area (Å²) in [6.07, 6.45) is 2.62. The average Bonchev–Trinajstić information content (AvgIpc) is 2.91. The second kappa shape index (κ2) is 6.86. The molecule has 2 N–H and O–H groups in total. The van der Waals surface area contributed by atoms with Gasteiger partial charge in [0, 0.05) is 10.9 Å². The molecule has 0 radical (unpaired) electrons. The Labute approximate surface area is 124 Å². The molecule has 1 aromatic heterocycles. The van der Waals surface area contributed by atoms with E-state index in [0.717, 1.165) is 23.7 Å². The Morgan fingerprint density at radius 3 is 2.40 bits per heavy atom. The van der Waals surface area contributed by atoms with Crippen molar-refractivity contribution in [2.45, 2.75) is 37.3 Å². The van der Waals surface area contributed by atoms with Crippen LogP contribution in [0, 0.1) is 6.92 Å². The van der Waals surface area contributed by atoms with Crippen LogP contribution < -0.4 is 10.5 Å². The number of nitrogens with two attached hydrogens (primary N) is 1. The second-order valence-electron chi connectivity index (χ2n) is 4.73. The maximum atomic E-state index is 6.17. The van der Waals surface area contributed by atoms with Gasteiger partial charge < -0.3 is 14.9 Å². The van der Waals surface area contributed by atoms with E-state index >= 15 is 0 Å². The van der Waals surface area contributed by atoms with Crippen LogP contribution in [-0.2, 0) is 0 Å². The molecule has 0 spiro atoms. The molecule has 0 aliphatic rings. The minimum absolute atomic E-state index is 0.0965. The zero-order valence-electron chi connectivity index (χ0n) is 12.1. The molecule has 0 saturated carbocycles. The summed E-state index contributed by atoms with van der Waals surface area (Å²) in [7, 11) is 0. The van der Waals surface area contributed by atoms with E-state index < -0.39 is 0 Å². The summed E-state index contributed by atoms with van der Waals surface area (Å²) in [5.74, 6) is 2.46. The number of hydrogen-bond donors (Lipinski definition) is 1. The number of furan rings is 1. The predicted molar refractivity (Wildman–Crippen MR) is 83.3 cm³/mol. The molecule has 0 aliphatic heterocycles. The number of aryl methyl sites for hydroxylation is 1. The molecule has 0 amide bonds. The van der Waals surface area contributed by atoms with Crippen LogP contribution in [0.3, 0.4) is 0 Å². The lowest BCUT2D eigenvalue weighted by Gasteiger charge is -2.22. The molecular formula is C16H21NO2S. The summed E-state index contributed by atoms with van der Waals surface area (Å²) in [6, 6.07) is 11.8. The van der Waals surface area contributed by atoms with E-state index in [0.29, 0.717) is 0 Å². The van der Waals surface area contributed by atoms with E-state index in [4.69, 9.17) is 14.9 Å². The van der Waals surface area contributed by atoms with Crippen LogP contribution in [0.15, 0.2) is 45.7 Å². The van der Waals surface area contributed by atoms with Gasteiger partial charge in [-0.15, -0.1) is 11.8 Å². The van der Waals surface area contributed by atoms with Gasteiger partial charge in [0.1, 0.15) is 17.3 Å². The molecule has 2 atom stereocenters. The summed E-state index contributed by atoms with van der Waals surface area (Å²) in [6.45, 7) is 3.97. The first-order valence-corrected chi connectivity index (χ1v) is 7.99. The maximum Gasteiger partial charge on any atom is 0.171 e. The summed E-state index contributed by atoms with van der Waals surface area (Å²) in [5.41, 5.74) is 6.17. The quantitative estimate of drug-likeness (QED) is 0.812. The lowest BCUT2D eigenvalue weighted by Crippen LogP contribution is -2.31. The highest BCUT2D eigenvalue weighted by Gasteiger charge is 2.23. The molecule has 0 aliphatic carbocycles. The lowest BCUT2D eigenvalue weighted by atomic mass is 10.1. The minimum Gasteiger partial charge on any atom is -0.481 e. The van der Waals surface area contributed by atoms with Crippen molar-refractivity contribution in [3.05, 3.63) is 47.9 Å². The van der Waals surface area contributed by atoms with E-state index in [-0.39, 0.29) is 12.1 Å². The highest BCUT2D eigenvalue weighted by molar-refractivity contribution is 7.98. The van der Waals surface area contributed by atoms with E-state index in [1.807, 2.05) is 50.2 Å². The van der Waals surface area contributed by atoms with Gasteiger partial charge in [0.15, 0.2) is 6.10 Å². The molecule has 0 bridgehead atoms. The number of thioether (sulfide) groups is 1. The van der Waals surface area contributed by atoms with Crippen LogP contribution in [0.2, 0.25) is 0 Å². The van der Waals surface area contributed by atoms with E-state index in [1.165, 1.54) is 4.90 Å². The van der Waals surface area contributed by atoms with Crippen molar-refractivity contribution >= 4 is 11.8 Å². The van der Waals surface area contributed by atoms with Crippen molar-refractivity contribution in [1.82, 2.24) is 0 Å². The molecule has 108 valence electrons. The van der Waals surface area contributed by atoms with Gasteiger partial charge in [-0.3, -0.25) is 0 Å². The summed E-state index contributed by atoms with van der Waals surface area (Å²) in [4.78, 5) is 1.21. The first kappa shape index (κ1) is 15.0. The van der Waals surface area contributed by atoms with E-state index in [2.05, 4.69) is 6.26 Å². The largest absolute Gasteiger partial charge is 0.481 e. The van der Waals surface area contributed by atoms with Crippen molar-refractivity contribution in [2.75, 3.05) is 6.26 Å². The SMILES string of the molecule is CCC(N)C(Oc1ccc(SC)cc1)c1ccc(C)o1. The summed E-state index contributed by atoms with van der Waals surface area (Å²) >= 11 is 1.71. The average molecular weight is 291 g/mol.